The van der Waals surface area contributed by atoms with E-state index >= 15 is 0 Å². The highest BCUT2D eigenvalue weighted by molar-refractivity contribution is 6.35. The van der Waals surface area contributed by atoms with Gasteiger partial charge in [-0.25, -0.2) is 8.78 Å². The van der Waals surface area contributed by atoms with Crippen LogP contribution in [0.1, 0.15) is 10.4 Å². The van der Waals surface area contributed by atoms with Gasteiger partial charge in [-0.3, -0.25) is 4.79 Å². The summed E-state index contributed by atoms with van der Waals surface area (Å²) >= 11 is 0. The average molecular weight is 152 g/mol. The van der Waals surface area contributed by atoms with E-state index in [2.05, 4.69) is 0 Å². The van der Waals surface area contributed by atoms with Crippen LogP contribution >= 0.6 is 0 Å². The maximum Gasteiger partial charge on any atom is 0.168 e. The third kappa shape index (κ3) is 1.29. The number of rotatable bonds is 1. The molecule has 11 heavy (non-hydrogen) atoms. The predicted molar refractivity (Wildman–Crippen MR) is 37.1 cm³/mol. The number of benzene rings is 1. The Hall–Kier alpha value is -1.19. The molecule has 1 nitrogen and oxygen atoms in total. The SMILES string of the molecule is [B]c1ccc(F)c(F)c1C=O. The van der Waals surface area contributed by atoms with Crippen LogP contribution < -0.4 is 5.46 Å². The van der Waals surface area contributed by atoms with Crippen LogP contribution in [0.25, 0.3) is 0 Å². The van der Waals surface area contributed by atoms with Crippen LogP contribution in [0.3, 0.4) is 0 Å². The highest BCUT2D eigenvalue weighted by Gasteiger charge is 2.08. The molecule has 0 heterocycles. The van der Waals surface area contributed by atoms with Crippen molar-refractivity contribution >= 4 is 19.6 Å². The van der Waals surface area contributed by atoms with Crippen molar-refractivity contribution in [3.05, 3.63) is 29.3 Å². The summed E-state index contributed by atoms with van der Waals surface area (Å²) in [6, 6.07) is 2.01. The van der Waals surface area contributed by atoms with Crippen LogP contribution in [0.2, 0.25) is 0 Å². The lowest BCUT2D eigenvalue weighted by Gasteiger charge is -1.99. The van der Waals surface area contributed by atoms with Crippen molar-refractivity contribution in [3.8, 4) is 0 Å². The van der Waals surface area contributed by atoms with Gasteiger partial charge in [0.05, 0.1) is 0 Å². The van der Waals surface area contributed by atoms with E-state index in [-0.39, 0.29) is 11.7 Å². The van der Waals surface area contributed by atoms with Crippen molar-refractivity contribution in [1.82, 2.24) is 0 Å². The van der Waals surface area contributed by atoms with Gasteiger partial charge in [-0.15, -0.1) is 0 Å². The van der Waals surface area contributed by atoms with Gasteiger partial charge in [0, 0.05) is 5.56 Å². The summed E-state index contributed by atoms with van der Waals surface area (Å²) in [5.41, 5.74) is -0.482. The van der Waals surface area contributed by atoms with Gasteiger partial charge in [-0.2, -0.15) is 0 Å². The molecule has 0 unspecified atom stereocenters. The number of halogens is 2. The van der Waals surface area contributed by atoms with Crippen molar-refractivity contribution < 1.29 is 13.6 Å². The fourth-order valence-electron chi connectivity index (χ4n) is 0.701. The molecule has 0 aliphatic rings. The molecule has 0 saturated carbocycles. The first kappa shape index (κ1) is 7.92. The maximum atomic E-state index is 12.6. The predicted octanol–water partition coefficient (Wildman–Crippen LogP) is 0.571. The van der Waals surface area contributed by atoms with Crippen molar-refractivity contribution in [2.75, 3.05) is 0 Å². The standard InChI is InChI=1S/C7H3BF2O/c8-5-1-2-6(9)7(10)4(5)3-11/h1-3H. The van der Waals surface area contributed by atoms with Gasteiger partial charge >= 0.3 is 0 Å². The van der Waals surface area contributed by atoms with Crippen LogP contribution in [0.15, 0.2) is 12.1 Å². The van der Waals surface area contributed by atoms with E-state index in [0.29, 0.717) is 0 Å². The summed E-state index contributed by atoms with van der Waals surface area (Å²) in [6.07, 6.45) is 0.188. The second-order valence-corrected chi connectivity index (χ2v) is 1.98. The summed E-state index contributed by atoms with van der Waals surface area (Å²) in [6.45, 7) is 0. The summed E-state index contributed by atoms with van der Waals surface area (Å²) in [5.74, 6) is -2.26. The molecule has 0 fully saturated rings. The lowest BCUT2D eigenvalue weighted by molar-refractivity contribution is 0.112. The summed E-state index contributed by atoms with van der Waals surface area (Å²) in [7, 11) is 5.16. The van der Waals surface area contributed by atoms with E-state index in [9.17, 15) is 13.6 Å². The van der Waals surface area contributed by atoms with E-state index < -0.39 is 17.2 Å². The van der Waals surface area contributed by atoms with Crippen LogP contribution in [-0.4, -0.2) is 14.1 Å². The van der Waals surface area contributed by atoms with E-state index in [1.807, 2.05) is 0 Å². The second kappa shape index (κ2) is 2.82. The number of hydrogen-bond donors (Lipinski definition) is 0. The first-order valence-corrected chi connectivity index (χ1v) is 2.85. The highest BCUT2D eigenvalue weighted by Crippen LogP contribution is 2.06. The lowest BCUT2D eigenvalue weighted by atomic mass is 9.91. The van der Waals surface area contributed by atoms with Gasteiger partial charge < -0.3 is 0 Å². The summed E-state index contributed by atoms with van der Waals surface area (Å²) in [5, 5.41) is 0. The molecule has 0 N–H and O–H groups in total. The molecule has 1 aromatic rings. The fourth-order valence-corrected chi connectivity index (χ4v) is 0.701. The summed E-state index contributed by atoms with van der Waals surface area (Å²) < 4.78 is 24.9. The number of aldehydes is 1. The molecule has 1 aromatic carbocycles. The zero-order valence-corrected chi connectivity index (χ0v) is 5.47. The Morgan fingerprint density at radius 2 is 2.00 bits per heavy atom. The Balaban J connectivity index is 3.40. The number of hydrogen-bond acceptors (Lipinski definition) is 1. The van der Waals surface area contributed by atoms with Crippen LogP contribution in [0.4, 0.5) is 8.78 Å². The first-order valence-electron chi connectivity index (χ1n) is 2.85. The molecular formula is C7H3BF2O. The molecule has 0 bridgehead atoms. The highest BCUT2D eigenvalue weighted by atomic mass is 19.2. The molecule has 0 amide bonds. The minimum absolute atomic E-state index is 0.0566. The van der Waals surface area contributed by atoms with Gasteiger partial charge in [0.1, 0.15) is 7.85 Å². The zero-order chi connectivity index (χ0) is 8.43. The Labute approximate surface area is 63.4 Å². The molecule has 54 valence electrons. The van der Waals surface area contributed by atoms with E-state index in [1.54, 1.807) is 0 Å². The van der Waals surface area contributed by atoms with Gasteiger partial charge in [0.2, 0.25) is 0 Å². The molecule has 0 saturated heterocycles. The Morgan fingerprint density at radius 1 is 1.36 bits per heavy atom. The van der Waals surface area contributed by atoms with Gasteiger partial charge in [0.25, 0.3) is 0 Å². The molecule has 4 heteroatoms. The Bertz CT molecular complexity index is 299. The monoisotopic (exact) mass is 152 g/mol. The number of carbonyl (C=O) groups is 1. The third-order valence-electron chi connectivity index (χ3n) is 1.28. The Morgan fingerprint density at radius 3 is 2.45 bits per heavy atom. The van der Waals surface area contributed by atoms with Crippen LogP contribution in [-0.2, 0) is 0 Å². The summed E-state index contributed by atoms with van der Waals surface area (Å²) in [4.78, 5) is 10.1. The molecule has 1 rings (SSSR count). The molecule has 0 aromatic heterocycles. The van der Waals surface area contributed by atoms with Gasteiger partial charge in [-0.1, -0.05) is 11.5 Å². The largest absolute Gasteiger partial charge is 0.298 e. The smallest absolute Gasteiger partial charge is 0.168 e. The van der Waals surface area contributed by atoms with Crippen LogP contribution in [0, 0.1) is 11.6 Å². The molecule has 0 spiro atoms. The van der Waals surface area contributed by atoms with E-state index in [4.69, 9.17) is 7.85 Å². The van der Waals surface area contributed by atoms with Crippen molar-refractivity contribution in [2.24, 2.45) is 0 Å². The second-order valence-electron chi connectivity index (χ2n) is 1.98. The first-order chi connectivity index (χ1) is 5.16. The molecule has 2 radical (unpaired) electrons. The lowest BCUT2D eigenvalue weighted by Crippen LogP contribution is -2.13. The fraction of sp³-hybridized carbons (Fsp3) is 0. The molecule has 0 aliphatic heterocycles. The van der Waals surface area contributed by atoms with Gasteiger partial charge in [0.15, 0.2) is 17.9 Å². The van der Waals surface area contributed by atoms with E-state index in [1.165, 1.54) is 0 Å². The topological polar surface area (TPSA) is 17.1 Å². The minimum Gasteiger partial charge on any atom is -0.298 e. The molecular weight excluding hydrogens is 149 g/mol. The van der Waals surface area contributed by atoms with Crippen molar-refractivity contribution in [3.63, 3.8) is 0 Å². The van der Waals surface area contributed by atoms with Gasteiger partial charge in [-0.05, 0) is 6.07 Å². The van der Waals surface area contributed by atoms with Crippen molar-refractivity contribution in [2.45, 2.75) is 0 Å². The molecule has 0 aliphatic carbocycles. The van der Waals surface area contributed by atoms with Crippen molar-refractivity contribution in [1.29, 1.82) is 0 Å². The van der Waals surface area contributed by atoms with E-state index in [0.717, 1.165) is 12.1 Å². The third-order valence-corrected chi connectivity index (χ3v) is 1.28. The van der Waals surface area contributed by atoms with Crippen LogP contribution in [0.5, 0.6) is 0 Å². The quantitative estimate of drug-likeness (QED) is 0.424. The number of carbonyl (C=O) groups excluding carboxylic acids is 1. The zero-order valence-electron chi connectivity index (χ0n) is 5.47. The normalized spacial score (nSPS) is 9.64. The minimum atomic E-state index is -1.19. The maximum absolute atomic E-state index is 12.6. The average Bonchev–Trinajstić information content (AvgIpc) is 1.99. The molecule has 0 atom stereocenters. The Kier molecular flexibility index (Phi) is 2.03.